The van der Waals surface area contributed by atoms with Crippen LogP contribution in [0.3, 0.4) is 0 Å². The number of halogens is 1. The van der Waals surface area contributed by atoms with Crippen LogP contribution in [0.15, 0.2) is 45.8 Å². The third-order valence-corrected chi connectivity index (χ3v) is 4.48. The first kappa shape index (κ1) is 11.7. The van der Waals surface area contributed by atoms with E-state index in [4.69, 9.17) is 0 Å². The zero-order chi connectivity index (χ0) is 12.5. The van der Waals surface area contributed by atoms with Gasteiger partial charge in [-0.05, 0) is 39.7 Å². The summed E-state index contributed by atoms with van der Waals surface area (Å²) in [7, 11) is 0. The molecule has 2 nitrogen and oxygen atoms in total. The Hall–Kier alpha value is -1.39. The zero-order valence-electron chi connectivity index (χ0n) is 9.44. The van der Waals surface area contributed by atoms with Crippen LogP contribution in [0.4, 0.5) is 5.69 Å². The minimum absolute atomic E-state index is 0.00165. The van der Waals surface area contributed by atoms with Crippen LogP contribution in [-0.4, -0.2) is 5.91 Å². The third kappa shape index (κ3) is 2.26. The summed E-state index contributed by atoms with van der Waals surface area (Å²) in [4.78, 5) is 13.1. The van der Waals surface area contributed by atoms with Crippen molar-refractivity contribution >= 4 is 44.9 Å². The van der Waals surface area contributed by atoms with Gasteiger partial charge < -0.3 is 5.32 Å². The normalized spacial score (nSPS) is 16.5. The van der Waals surface area contributed by atoms with Gasteiger partial charge in [0.2, 0.25) is 0 Å². The Kier molecular flexibility index (Phi) is 3.06. The second kappa shape index (κ2) is 4.71. The first-order valence-corrected chi connectivity index (χ1v) is 7.23. The van der Waals surface area contributed by atoms with Crippen LogP contribution in [0.5, 0.6) is 0 Å². The molecule has 0 saturated heterocycles. The van der Waals surface area contributed by atoms with Gasteiger partial charge in [-0.25, -0.2) is 0 Å². The van der Waals surface area contributed by atoms with Gasteiger partial charge in [-0.15, -0.1) is 11.3 Å². The lowest BCUT2D eigenvalue weighted by atomic mass is 9.98. The van der Waals surface area contributed by atoms with Gasteiger partial charge in [0.1, 0.15) is 0 Å². The minimum atomic E-state index is -0.00165. The molecule has 1 N–H and O–H groups in total. The van der Waals surface area contributed by atoms with Gasteiger partial charge in [0.15, 0.2) is 0 Å². The molecule has 2 heterocycles. The minimum Gasteiger partial charge on any atom is -0.322 e. The Balaban J connectivity index is 1.96. The zero-order valence-corrected chi connectivity index (χ0v) is 11.8. The first-order chi connectivity index (χ1) is 8.72. The lowest BCUT2D eigenvalue weighted by Crippen LogP contribution is -2.21. The van der Waals surface area contributed by atoms with Crippen molar-refractivity contribution in [1.29, 1.82) is 0 Å². The van der Waals surface area contributed by atoms with Crippen molar-refractivity contribution in [1.82, 2.24) is 0 Å². The number of thiophene rings is 1. The lowest BCUT2D eigenvalue weighted by Gasteiger charge is -2.18. The molecule has 90 valence electrons. The Morgan fingerprint density at radius 2 is 2.17 bits per heavy atom. The summed E-state index contributed by atoms with van der Waals surface area (Å²) in [5.41, 5.74) is 2.90. The van der Waals surface area contributed by atoms with Gasteiger partial charge in [0.05, 0.1) is 0 Å². The van der Waals surface area contributed by atoms with Crippen LogP contribution in [0.2, 0.25) is 0 Å². The maximum absolute atomic E-state index is 12.0. The maximum Gasteiger partial charge on any atom is 0.251 e. The molecule has 1 aromatic heterocycles. The highest BCUT2D eigenvalue weighted by Gasteiger charge is 2.19. The number of para-hydroxylation sites is 1. The molecule has 2 aromatic rings. The highest BCUT2D eigenvalue weighted by molar-refractivity contribution is 9.10. The van der Waals surface area contributed by atoms with Crippen LogP contribution in [0, 0.1) is 0 Å². The summed E-state index contributed by atoms with van der Waals surface area (Å²) in [5, 5.41) is 4.94. The van der Waals surface area contributed by atoms with Crippen molar-refractivity contribution in [2.75, 3.05) is 5.32 Å². The summed E-state index contributed by atoms with van der Waals surface area (Å²) in [5.74, 6) is -0.00165. The van der Waals surface area contributed by atoms with Crippen molar-refractivity contribution in [2.24, 2.45) is 0 Å². The molecule has 1 aliphatic rings. The average Bonchev–Trinajstić information content (AvgIpc) is 2.76. The predicted molar refractivity (Wildman–Crippen MR) is 78.8 cm³/mol. The molecule has 0 saturated carbocycles. The first-order valence-electron chi connectivity index (χ1n) is 5.56. The molecule has 0 spiro atoms. The predicted octanol–water partition coefficient (Wildman–Crippen LogP) is 4.09. The largest absolute Gasteiger partial charge is 0.322 e. The highest BCUT2D eigenvalue weighted by atomic mass is 79.9. The highest BCUT2D eigenvalue weighted by Crippen LogP contribution is 2.28. The van der Waals surface area contributed by atoms with E-state index in [0.717, 1.165) is 20.6 Å². The molecule has 18 heavy (non-hydrogen) atoms. The van der Waals surface area contributed by atoms with Gasteiger partial charge >= 0.3 is 0 Å². The molecule has 0 unspecified atom stereocenters. The Morgan fingerprint density at radius 3 is 2.94 bits per heavy atom. The van der Waals surface area contributed by atoms with E-state index in [0.29, 0.717) is 6.42 Å². The fraction of sp³-hybridized carbons (Fsp3) is 0.0714. The monoisotopic (exact) mass is 319 g/mol. The number of carbonyl (C=O) groups is 1. The van der Waals surface area contributed by atoms with E-state index in [-0.39, 0.29) is 5.91 Å². The molecule has 0 fully saturated rings. The third-order valence-electron chi connectivity index (χ3n) is 2.84. The summed E-state index contributed by atoms with van der Waals surface area (Å²) < 4.78 is 1.05. The van der Waals surface area contributed by atoms with Gasteiger partial charge in [0.25, 0.3) is 5.91 Å². The summed E-state index contributed by atoms with van der Waals surface area (Å²) >= 11 is 5.04. The smallest absolute Gasteiger partial charge is 0.251 e. The maximum atomic E-state index is 12.0. The van der Waals surface area contributed by atoms with Gasteiger partial charge in [-0.2, -0.15) is 0 Å². The van der Waals surface area contributed by atoms with Crippen LogP contribution in [0.1, 0.15) is 10.4 Å². The fourth-order valence-corrected chi connectivity index (χ4v) is 3.38. The van der Waals surface area contributed by atoms with Crippen molar-refractivity contribution in [2.45, 2.75) is 6.42 Å². The Morgan fingerprint density at radius 1 is 1.33 bits per heavy atom. The molecule has 0 bridgehead atoms. The molecule has 0 aliphatic carbocycles. The molecular formula is C14H10BrNOS. The topological polar surface area (TPSA) is 29.1 Å². The van der Waals surface area contributed by atoms with Crippen molar-refractivity contribution in [3.8, 4) is 0 Å². The van der Waals surface area contributed by atoms with Crippen molar-refractivity contribution in [3.63, 3.8) is 0 Å². The second-order valence-electron chi connectivity index (χ2n) is 4.12. The quantitative estimate of drug-likeness (QED) is 0.788. The summed E-state index contributed by atoms with van der Waals surface area (Å²) in [6, 6.07) is 9.93. The molecule has 3 rings (SSSR count). The summed E-state index contributed by atoms with van der Waals surface area (Å²) in [6.07, 6.45) is 2.65. The molecular weight excluding hydrogens is 310 g/mol. The fourth-order valence-electron chi connectivity index (χ4n) is 1.98. The SMILES string of the molecule is O=C1Nc2ccccc2C/C1=C\c1cc(Br)cs1. The number of amides is 1. The average molecular weight is 320 g/mol. The van der Waals surface area contributed by atoms with Crippen LogP contribution >= 0.6 is 27.3 Å². The standard InChI is InChI=1S/C14H10BrNOS/c15-11-7-12(18-8-11)6-10-5-9-3-1-2-4-13(9)16-14(10)17/h1-4,6-8H,5H2,(H,16,17)/b10-6+. The number of carbonyl (C=O) groups excluding carboxylic acids is 1. The molecule has 0 radical (unpaired) electrons. The number of nitrogens with one attached hydrogen (secondary N) is 1. The summed E-state index contributed by atoms with van der Waals surface area (Å²) in [6.45, 7) is 0. The molecule has 1 aliphatic heterocycles. The van der Waals surface area contributed by atoms with Gasteiger partial charge in [0, 0.05) is 32.4 Å². The van der Waals surface area contributed by atoms with Crippen LogP contribution < -0.4 is 5.32 Å². The van der Waals surface area contributed by atoms with E-state index in [9.17, 15) is 4.79 Å². The van der Waals surface area contributed by atoms with E-state index in [1.165, 1.54) is 5.56 Å². The van der Waals surface area contributed by atoms with E-state index >= 15 is 0 Å². The number of hydrogen-bond donors (Lipinski definition) is 1. The van der Waals surface area contributed by atoms with E-state index in [1.807, 2.05) is 41.8 Å². The Labute approximate surface area is 117 Å². The second-order valence-corrected chi connectivity index (χ2v) is 5.98. The van der Waals surface area contributed by atoms with Crippen LogP contribution in [0.25, 0.3) is 6.08 Å². The number of hydrogen-bond acceptors (Lipinski definition) is 2. The molecule has 4 heteroatoms. The van der Waals surface area contributed by atoms with Gasteiger partial charge in [-0.1, -0.05) is 18.2 Å². The Bertz CT molecular complexity index is 645. The number of anilines is 1. The van der Waals surface area contributed by atoms with E-state index in [2.05, 4.69) is 21.2 Å². The van der Waals surface area contributed by atoms with E-state index in [1.54, 1.807) is 11.3 Å². The molecule has 0 atom stereocenters. The lowest BCUT2D eigenvalue weighted by molar-refractivity contribution is -0.113. The van der Waals surface area contributed by atoms with E-state index < -0.39 is 0 Å². The molecule has 1 aromatic carbocycles. The number of benzene rings is 1. The number of fused-ring (bicyclic) bond motifs is 1. The number of rotatable bonds is 1. The van der Waals surface area contributed by atoms with Crippen molar-refractivity contribution in [3.05, 3.63) is 56.2 Å². The van der Waals surface area contributed by atoms with Crippen molar-refractivity contribution < 1.29 is 4.79 Å². The molecule has 1 amide bonds. The van der Waals surface area contributed by atoms with Crippen LogP contribution in [-0.2, 0) is 11.2 Å². The van der Waals surface area contributed by atoms with Gasteiger partial charge in [-0.3, -0.25) is 4.79 Å².